The second kappa shape index (κ2) is 21.8. The van der Waals surface area contributed by atoms with Crippen LogP contribution in [-0.4, -0.2) is 28.5 Å². The van der Waals surface area contributed by atoms with Gasteiger partial charge in [-0.2, -0.15) is 0 Å². The van der Waals surface area contributed by atoms with Gasteiger partial charge in [0.1, 0.15) is 11.5 Å². The largest absolute Gasteiger partial charge is 0.494 e. The van der Waals surface area contributed by atoms with Crippen LogP contribution < -0.4 is 9.47 Å². The highest BCUT2D eigenvalue weighted by atomic mass is 32.2. The third-order valence-corrected chi connectivity index (χ3v) is 8.45. The van der Waals surface area contributed by atoms with Gasteiger partial charge in [-0.15, -0.1) is 10.2 Å². The molecular formula is C36H52N2O4S. The zero-order valence-electron chi connectivity index (χ0n) is 26.5. The molecule has 0 bridgehead atoms. The predicted molar refractivity (Wildman–Crippen MR) is 177 cm³/mol. The van der Waals surface area contributed by atoms with Gasteiger partial charge in [-0.1, -0.05) is 122 Å². The first kappa shape index (κ1) is 34.7. The fraction of sp³-hybridized carbons (Fsp3) is 0.583. The molecule has 0 aliphatic rings. The molecule has 0 spiro atoms. The Morgan fingerprint density at radius 3 is 1.79 bits per heavy atom. The van der Waals surface area contributed by atoms with Gasteiger partial charge in [0.15, 0.2) is 0 Å². The Hall–Kier alpha value is -2.80. The van der Waals surface area contributed by atoms with E-state index >= 15 is 0 Å². The van der Waals surface area contributed by atoms with Crippen LogP contribution in [0.15, 0.2) is 58.2 Å². The molecule has 1 heterocycles. The highest BCUT2D eigenvalue weighted by Crippen LogP contribution is 2.26. The lowest BCUT2D eigenvalue weighted by molar-refractivity contribution is 0.0734. The monoisotopic (exact) mass is 608 g/mol. The Balaban J connectivity index is 1.31. The molecule has 0 atom stereocenters. The maximum absolute atomic E-state index is 12.6. The van der Waals surface area contributed by atoms with Gasteiger partial charge in [-0.25, -0.2) is 4.79 Å². The smallest absolute Gasteiger partial charge is 0.343 e. The molecule has 0 radical (unpaired) electrons. The standard InChI is InChI=1S/C36H52N2O4S/c1-3-5-7-9-11-13-15-17-19-29-43-36-38-37-34(42-36)30-20-26-33(27-21-30)41-35(39)31-22-24-32(25-23-31)40-28-18-16-14-12-10-8-6-4-2/h20-27H,3-19,28-29H2,1-2H3. The topological polar surface area (TPSA) is 74.5 Å². The van der Waals surface area contributed by atoms with E-state index in [0.29, 0.717) is 29.0 Å². The molecule has 0 aliphatic carbocycles. The minimum atomic E-state index is -0.407. The molecule has 0 aliphatic heterocycles. The summed E-state index contributed by atoms with van der Waals surface area (Å²) in [5, 5.41) is 8.96. The summed E-state index contributed by atoms with van der Waals surface area (Å²) < 4.78 is 17.2. The Labute approximate surface area is 263 Å². The van der Waals surface area contributed by atoms with E-state index in [2.05, 4.69) is 24.0 Å². The number of aromatic nitrogens is 2. The molecule has 2 aromatic carbocycles. The molecule has 0 unspecified atom stereocenters. The number of benzene rings is 2. The summed E-state index contributed by atoms with van der Waals surface area (Å²) >= 11 is 1.61. The summed E-state index contributed by atoms with van der Waals surface area (Å²) in [5.74, 6) is 2.28. The maximum atomic E-state index is 12.6. The van der Waals surface area contributed by atoms with E-state index in [1.165, 1.54) is 96.3 Å². The molecule has 6 nitrogen and oxygen atoms in total. The van der Waals surface area contributed by atoms with Crippen LogP contribution in [-0.2, 0) is 0 Å². The second-order valence-electron chi connectivity index (χ2n) is 11.3. The number of carbonyl (C=O) groups is 1. The van der Waals surface area contributed by atoms with E-state index in [4.69, 9.17) is 13.9 Å². The van der Waals surface area contributed by atoms with E-state index in [1.54, 1.807) is 36.0 Å². The van der Waals surface area contributed by atoms with Crippen molar-refractivity contribution in [3.05, 3.63) is 54.1 Å². The molecule has 0 fully saturated rings. The van der Waals surface area contributed by atoms with Gasteiger partial charge in [0.2, 0.25) is 5.89 Å². The van der Waals surface area contributed by atoms with Crippen molar-refractivity contribution in [3.8, 4) is 23.0 Å². The Kier molecular flexibility index (Phi) is 17.6. The van der Waals surface area contributed by atoms with Crippen LogP contribution in [0.2, 0.25) is 0 Å². The minimum absolute atomic E-state index is 0.407. The van der Waals surface area contributed by atoms with Crippen molar-refractivity contribution in [1.29, 1.82) is 0 Å². The summed E-state index contributed by atoms with van der Waals surface area (Å²) in [6.45, 7) is 5.21. The van der Waals surface area contributed by atoms with E-state index < -0.39 is 5.97 Å². The summed E-state index contributed by atoms with van der Waals surface area (Å²) in [4.78, 5) is 12.6. The molecule has 1 aromatic heterocycles. The number of nitrogens with zero attached hydrogens (tertiary/aromatic N) is 2. The van der Waals surface area contributed by atoms with Crippen LogP contribution in [0.4, 0.5) is 0 Å². The van der Waals surface area contributed by atoms with E-state index in [-0.39, 0.29) is 0 Å². The first-order valence-corrected chi connectivity index (χ1v) is 17.7. The van der Waals surface area contributed by atoms with Gasteiger partial charge < -0.3 is 13.9 Å². The molecule has 0 amide bonds. The summed E-state index contributed by atoms with van der Waals surface area (Å²) in [7, 11) is 0. The molecule has 7 heteroatoms. The average molecular weight is 609 g/mol. The molecule has 43 heavy (non-hydrogen) atoms. The van der Waals surface area contributed by atoms with Crippen LogP contribution in [0, 0.1) is 0 Å². The molecule has 236 valence electrons. The first-order chi connectivity index (χ1) is 21.2. The first-order valence-electron chi connectivity index (χ1n) is 16.7. The average Bonchev–Trinajstić information content (AvgIpc) is 3.51. The number of unbranched alkanes of at least 4 members (excludes halogenated alkanes) is 15. The lowest BCUT2D eigenvalue weighted by Gasteiger charge is -2.08. The fourth-order valence-electron chi connectivity index (χ4n) is 4.90. The van der Waals surface area contributed by atoms with Crippen molar-refractivity contribution in [2.75, 3.05) is 12.4 Å². The van der Waals surface area contributed by atoms with Crippen LogP contribution >= 0.6 is 11.8 Å². The predicted octanol–water partition coefficient (Wildman–Crippen LogP) is 11.1. The van der Waals surface area contributed by atoms with Crippen molar-refractivity contribution in [3.63, 3.8) is 0 Å². The van der Waals surface area contributed by atoms with Crippen molar-refractivity contribution in [2.24, 2.45) is 0 Å². The zero-order valence-corrected chi connectivity index (χ0v) is 27.3. The minimum Gasteiger partial charge on any atom is -0.494 e. The fourth-order valence-corrected chi connectivity index (χ4v) is 5.66. The molecule has 3 rings (SSSR count). The molecule has 0 saturated heterocycles. The third kappa shape index (κ3) is 14.5. The van der Waals surface area contributed by atoms with Gasteiger partial charge in [-0.3, -0.25) is 0 Å². The zero-order chi connectivity index (χ0) is 30.4. The number of thioether (sulfide) groups is 1. The Morgan fingerprint density at radius 2 is 1.19 bits per heavy atom. The van der Waals surface area contributed by atoms with Crippen LogP contribution in [0.3, 0.4) is 0 Å². The summed E-state index contributed by atoms with van der Waals surface area (Å²) in [6, 6.07) is 14.3. The summed E-state index contributed by atoms with van der Waals surface area (Å²) in [6.07, 6.45) is 22.0. The number of rotatable bonds is 24. The van der Waals surface area contributed by atoms with Gasteiger partial charge in [0.05, 0.1) is 12.2 Å². The molecule has 3 aromatic rings. The van der Waals surface area contributed by atoms with Gasteiger partial charge in [-0.05, 0) is 61.4 Å². The van der Waals surface area contributed by atoms with Gasteiger partial charge in [0, 0.05) is 11.3 Å². The van der Waals surface area contributed by atoms with Crippen molar-refractivity contribution < 1.29 is 18.7 Å². The Bertz CT molecular complexity index is 1130. The Morgan fingerprint density at radius 1 is 0.651 bits per heavy atom. The molecule has 0 N–H and O–H groups in total. The lowest BCUT2D eigenvalue weighted by atomic mass is 10.1. The SMILES string of the molecule is CCCCCCCCCCCSc1nnc(-c2ccc(OC(=O)c3ccc(OCCCCCCCCCC)cc3)cc2)o1. The van der Waals surface area contributed by atoms with Crippen molar-refractivity contribution in [1.82, 2.24) is 10.2 Å². The highest BCUT2D eigenvalue weighted by molar-refractivity contribution is 7.99. The third-order valence-electron chi connectivity index (χ3n) is 7.55. The number of esters is 1. The second-order valence-corrected chi connectivity index (χ2v) is 12.4. The van der Waals surface area contributed by atoms with Crippen molar-refractivity contribution in [2.45, 2.75) is 128 Å². The number of ether oxygens (including phenoxy) is 2. The van der Waals surface area contributed by atoms with Gasteiger partial charge in [0.25, 0.3) is 5.22 Å². The van der Waals surface area contributed by atoms with E-state index in [1.807, 2.05) is 24.3 Å². The quantitative estimate of drug-likeness (QED) is 0.0433. The van der Waals surface area contributed by atoms with Crippen molar-refractivity contribution >= 4 is 17.7 Å². The normalized spacial score (nSPS) is 11.1. The lowest BCUT2D eigenvalue weighted by Crippen LogP contribution is -2.08. The van der Waals surface area contributed by atoms with E-state index in [9.17, 15) is 4.79 Å². The molecule has 0 saturated carbocycles. The van der Waals surface area contributed by atoms with Crippen LogP contribution in [0.1, 0.15) is 133 Å². The van der Waals surface area contributed by atoms with Gasteiger partial charge >= 0.3 is 5.97 Å². The van der Waals surface area contributed by atoms with Crippen LogP contribution in [0.5, 0.6) is 11.5 Å². The number of hydrogen-bond donors (Lipinski definition) is 0. The maximum Gasteiger partial charge on any atom is 0.343 e. The summed E-state index contributed by atoms with van der Waals surface area (Å²) in [5.41, 5.74) is 1.27. The molecular weight excluding hydrogens is 556 g/mol. The number of carbonyl (C=O) groups excluding carboxylic acids is 1. The van der Waals surface area contributed by atoms with Crippen LogP contribution in [0.25, 0.3) is 11.5 Å². The van der Waals surface area contributed by atoms with E-state index in [0.717, 1.165) is 29.9 Å². The number of hydrogen-bond acceptors (Lipinski definition) is 7. The highest BCUT2D eigenvalue weighted by Gasteiger charge is 2.12.